The van der Waals surface area contributed by atoms with Gasteiger partial charge in [0, 0.05) is 12.1 Å². The molecule has 2 aliphatic rings. The SMILES string of the molecule is O=S1(=O)CC2Sc3cccc[n+]3C2C1.[Cl-]. The Morgan fingerprint density at radius 1 is 1.33 bits per heavy atom. The van der Waals surface area contributed by atoms with Gasteiger partial charge in [-0.05, 0) is 17.8 Å². The Morgan fingerprint density at radius 3 is 2.93 bits per heavy atom. The second kappa shape index (κ2) is 3.64. The smallest absolute Gasteiger partial charge is 0.240 e. The molecule has 2 unspecified atom stereocenters. The first-order valence-electron chi connectivity index (χ1n) is 4.53. The van der Waals surface area contributed by atoms with Gasteiger partial charge in [-0.15, -0.1) is 0 Å². The van der Waals surface area contributed by atoms with Gasteiger partial charge < -0.3 is 12.4 Å². The lowest BCUT2D eigenvalue weighted by Crippen LogP contribution is -3.00. The molecule has 1 aromatic heterocycles. The molecule has 0 spiro atoms. The van der Waals surface area contributed by atoms with Crippen LogP contribution in [0.2, 0.25) is 0 Å². The van der Waals surface area contributed by atoms with E-state index in [0.717, 1.165) is 0 Å². The Balaban J connectivity index is 0.000000853. The first-order valence-corrected chi connectivity index (χ1v) is 7.23. The molecule has 0 N–H and O–H groups in total. The topological polar surface area (TPSA) is 38.0 Å². The van der Waals surface area contributed by atoms with Crippen molar-refractivity contribution in [3.8, 4) is 0 Å². The maximum atomic E-state index is 11.4. The number of pyridine rings is 1. The summed E-state index contributed by atoms with van der Waals surface area (Å²) >= 11 is 1.69. The summed E-state index contributed by atoms with van der Waals surface area (Å²) in [6.07, 6.45) is 1.98. The average molecular weight is 264 g/mol. The van der Waals surface area contributed by atoms with Gasteiger partial charge in [0.05, 0.1) is 11.0 Å². The van der Waals surface area contributed by atoms with Crippen LogP contribution in [0.25, 0.3) is 0 Å². The highest BCUT2D eigenvalue weighted by molar-refractivity contribution is 8.01. The molecule has 1 fully saturated rings. The zero-order chi connectivity index (χ0) is 9.76. The fourth-order valence-electron chi connectivity index (χ4n) is 2.14. The third-order valence-corrected chi connectivity index (χ3v) is 6.05. The van der Waals surface area contributed by atoms with Crippen LogP contribution in [0.3, 0.4) is 0 Å². The minimum Gasteiger partial charge on any atom is -1.00 e. The van der Waals surface area contributed by atoms with Crippen LogP contribution in [0.15, 0.2) is 29.4 Å². The maximum Gasteiger partial charge on any atom is 0.240 e. The van der Waals surface area contributed by atoms with Gasteiger partial charge >= 0.3 is 0 Å². The molecule has 0 saturated carbocycles. The number of sulfone groups is 1. The van der Waals surface area contributed by atoms with Crippen LogP contribution in [0.1, 0.15) is 6.04 Å². The van der Waals surface area contributed by atoms with Crippen LogP contribution in [-0.4, -0.2) is 25.2 Å². The van der Waals surface area contributed by atoms with Gasteiger partial charge in [0.15, 0.2) is 22.1 Å². The van der Waals surface area contributed by atoms with E-state index in [-0.39, 0.29) is 23.7 Å². The lowest BCUT2D eigenvalue weighted by atomic mass is 10.2. The molecule has 0 aromatic carbocycles. The highest BCUT2D eigenvalue weighted by Gasteiger charge is 2.50. The van der Waals surface area contributed by atoms with Gasteiger partial charge in [0.25, 0.3) is 0 Å². The lowest BCUT2D eigenvalue weighted by molar-refractivity contribution is -0.745. The zero-order valence-corrected chi connectivity index (χ0v) is 10.2. The number of halogens is 1. The summed E-state index contributed by atoms with van der Waals surface area (Å²) in [5.74, 6) is 0.649. The van der Waals surface area contributed by atoms with Gasteiger partial charge in [-0.1, -0.05) is 0 Å². The number of aromatic nitrogens is 1. The zero-order valence-electron chi connectivity index (χ0n) is 7.84. The fraction of sp³-hybridized carbons (Fsp3) is 0.444. The molecule has 15 heavy (non-hydrogen) atoms. The van der Waals surface area contributed by atoms with E-state index in [0.29, 0.717) is 11.5 Å². The standard InChI is InChI=1S/C9H10NO2S2.ClH/c11-14(12)5-7-8(6-14)13-9-3-1-2-4-10(7)9;/h1-4,7-8H,5-6H2;1H/q+1;/p-1. The summed E-state index contributed by atoms with van der Waals surface area (Å²) in [4.78, 5) is 0. The second-order valence-corrected chi connectivity index (χ2v) is 7.16. The van der Waals surface area contributed by atoms with Crippen molar-refractivity contribution in [2.75, 3.05) is 11.5 Å². The largest absolute Gasteiger partial charge is 1.00 e. The molecule has 3 rings (SSSR count). The predicted octanol–water partition coefficient (Wildman–Crippen LogP) is -2.58. The summed E-state index contributed by atoms with van der Waals surface area (Å²) in [7, 11) is -2.79. The Morgan fingerprint density at radius 2 is 2.13 bits per heavy atom. The fourth-order valence-corrected chi connectivity index (χ4v) is 6.10. The van der Waals surface area contributed by atoms with Crippen molar-refractivity contribution < 1.29 is 25.4 Å². The first-order chi connectivity index (χ1) is 6.66. The molecule has 6 heteroatoms. The molecule has 0 amide bonds. The van der Waals surface area contributed by atoms with Gasteiger partial charge in [0.2, 0.25) is 5.03 Å². The van der Waals surface area contributed by atoms with Crippen molar-refractivity contribution in [2.24, 2.45) is 0 Å². The first kappa shape index (κ1) is 11.2. The van der Waals surface area contributed by atoms with E-state index in [1.807, 2.05) is 18.3 Å². The van der Waals surface area contributed by atoms with Gasteiger partial charge in [-0.3, -0.25) is 0 Å². The highest BCUT2D eigenvalue weighted by Crippen LogP contribution is 2.39. The minimum atomic E-state index is -2.79. The van der Waals surface area contributed by atoms with Crippen molar-refractivity contribution in [3.05, 3.63) is 24.4 Å². The van der Waals surface area contributed by atoms with Crippen molar-refractivity contribution in [2.45, 2.75) is 16.3 Å². The molecule has 3 heterocycles. The molecular formula is C9H10ClNO2S2. The summed E-state index contributed by atoms with van der Waals surface area (Å²) in [6.45, 7) is 0. The molecular weight excluding hydrogens is 254 g/mol. The summed E-state index contributed by atoms with van der Waals surface area (Å²) in [5, 5.41) is 1.43. The molecule has 1 aromatic rings. The maximum absolute atomic E-state index is 11.4. The van der Waals surface area contributed by atoms with Crippen LogP contribution in [-0.2, 0) is 9.84 Å². The predicted molar refractivity (Wildman–Crippen MR) is 54.0 cm³/mol. The number of rotatable bonds is 0. The number of thioether (sulfide) groups is 1. The van der Waals surface area contributed by atoms with Crippen molar-refractivity contribution in [3.63, 3.8) is 0 Å². The monoisotopic (exact) mass is 263 g/mol. The molecule has 0 radical (unpaired) electrons. The van der Waals surface area contributed by atoms with E-state index in [2.05, 4.69) is 10.6 Å². The third-order valence-electron chi connectivity index (χ3n) is 2.75. The molecule has 0 aliphatic carbocycles. The molecule has 82 valence electrons. The van der Waals surface area contributed by atoms with Crippen LogP contribution in [0.4, 0.5) is 0 Å². The van der Waals surface area contributed by atoms with E-state index in [1.165, 1.54) is 5.03 Å². The number of hydrogen-bond donors (Lipinski definition) is 0. The van der Waals surface area contributed by atoms with E-state index in [9.17, 15) is 8.42 Å². The average Bonchev–Trinajstić information content (AvgIpc) is 2.56. The van der Waals surface area contributed by atoms with Crippen LogP contribution in [0.5, 0.6) is 0 Å². The third kappa shape index (κ3) is 1.77. The van der Waals surface area contributed by atoms with Gasteiger partial charge in [-0.25, -0.2) is 8.42 Å². The molecule has 2 aliphatic heterocycles. The van der Waals surface area contributed by atoms with E-state index >= 15 is 0 Å². The van der Waals surface area contributed by atoms with Crippen LogP contribution >= 0.6 is 11.8 Å². The molecule has 2 atom stereocenters. The molecule has 0 bridgehead atoms. The minimum absolute atomic E-state index is 0. The second-order valence-electron chi connectivity index (χ2n) is 3.75. The van der Waals surface area contributed by atoms with Crippen molar-refractivity contribution >= 4 is 21.6 Å². The van der Waals surface area contributed by atoms with Crippen LogP contribution < -0.4 is 17.0 Å². The van der Waals surface area contributed by atoms with Gasteiger partial charge in [-0.2, -0.15) is 4.57 Å². The van der Waals surface area contributed by atoms with Crippen molar-refractivity contribution in [1.29, 1.82) is 0 Å². The normalized spacial score (nSPS) is 30.4. The summed E-state index contributed by atoms with van der Waals surface area (Å²) < 4.78 is 25.0. The highest BCUT2D eigenvalue weighted by atomic mass is 35.5. The van der Waals surface area contributed by atoms with Gasteiger partial charge in [0.1, 0.15) is 5.75 Å². The summed E-state index contributed by atoms with van der Waals surface area (Å²) in [6, 6.07) is 6.17. The van der Waals surface area contributed by atoms with E-state index in [4.69, 9.17) is 0 Å². The number of hydrogen-bond acceptors (Lipinski definition) is 3. The quantitative estimate of drug-likeness (QED) is 0.483. The van der Waals surface area contributed by atoms with Crippen molar-refractivity contribution in [1.82, 2.24) is 0 Å². The Hall–Kier alpha value is -0.260. The Labute approximate surface area is 99.2 Å². The van der Waals surface area contributed by atoms with E-state index < -0.39 is 9.84 Å². The Kier molecular flexibility index (Phi) is 2.73. The molecule has 3 nitrogen and oxygen atoms in total. The van der Waals surface area contributed by atoms with E-state index in [1.54, 1.807) is 11.8 Å². The lowest BCUT2D eigenvalue weighted by Gasteiger charge is -1.98. The Bertz CT molecular complexity index is 489. The number of nitrogens with zero attached hydrogens (tertiary/aromatic N) is 1. The molecule has 1 saturated heterocycles. The summed E-state index contributed by atoms with van der Waals surface area (Å²) in [5.41, 5.74) is 0. The number of fused-ring (bicyclic) bond motifs is 3. The van der Waals surface area contributed by atoms with Crippen LogP contribution in [0, 0.1) is 0 Å².